The van der Waals surface area contributed by atoms with Crippen LogP contribution in [0.2, 0.25) is 0 Å². The number of amides is 2. The molecule has 1 unspecified atom stereocenters. The number of fused-ring (bicyclic) bond motifs is 1. The normalized spacial score (nSPS) is 31.2. The molecule has 2 aromatic rings. The highest BCUT2D eigenvalue weighted by atomic mass is 16.3. The maximum absolute atomic E-state index is 13.3. The summed E-state index contributed by atoms with van der Waals surface area (Å²) in [5.41, 5.74) is 1.40. The van der Waals surface area contributed by atoms with Gasteiger partial charge in [0, 0.05) is 37.9 Å². The van der Waals surface area contributed by atoms with E-state index in [2.05, 4.69) is 29.1 Å². The van der Waals surface area contributed by atoms with Crippen LogP contribution in [0.5, 0.6) is 0 Å². The highest BCUT2D eigenvalue weighted by Crippen LogP contribution is 2.55. The fourth-order valence-corrected chi connectivity index (χ4v) is 6.62. The van der Waals surface area contributed by atoms with Gasteiger partial charge >= 0.3 is 0 Å². The van der Waals surface area contributed by atoms with Gasteiger partial charge in [0.05, 0.1) is 12.3 Å². The number of benzene rings is 1. The molecule has 0 bridgehead atoms. The molecule has 0 saturated heterocycles. The van der Waals surface area contributed by atoms with Gasteiger partial charge in [-0.25, -0.2) is 4.98 Å². The van der Waals surface area contributed by atoms with Crippen molar-refractivity contribution in [1.29, 1.82) is 0 Å². The Morgan fingerprint density at radius 3 is 2.60 bits per heavy atom. The molecule has 4 rings (SSSR count). The van der Waals surface area contributed by atoms with Gasteiger partial charge < -0.3 is 15.3 Å². The second kappa shape index (κ2) is 10.4. The summed E-state index contributed by atoms with van der Waals surface area (Å²) >= 11 is 0. The van der Waals surface area contributed by atoms with Crippen LogP contribution in [0.3, 0.4) is 0 Å². The van der Waals surface area contributed by atoms with Crippen LogP contribution in [0.15, 0.2) is 48.9 Å². The summed E-state index contributed by atoms with van der Waals surface area (Å²) in [6, 6.07) is 9.92. The van der Waals surface area contributed by atoms with Crippen molar-refractivity contribution < 1.29 is 14.7 Å². The van der Waals surface area contributed by atoms with Crippen LogP contribution in [0.1, 0.15) is 62.5 Å². The maximum Gasteiger partial charge on any atom is 0.271 e. The third-order valence-electron chi connectivity index (χ3n) is 8.67. The first-order valence-corrected chi connectivity index (χ1v) is 12.7. The lowest BCUT2D eigenvalue weighted by Gasteiger charge is -2.56. The number of hydrogen-bond donors (Lipinski definition) is 2. The highest BCUT2D eigenvalue weighted by Gasteiger charge is 2.54. The van der Waals surface area contributed by atoms with Crippen molar-refractivity contribution in [3.8, 4) is 0 Å². The molecule has 0 radical (unpaired) electrons. The summed E-state index contributed by atoms with van der Waals surface area (Å²) in [5.74, 6) is -0.446. The quantitative estimate of drug-likeness (QED) is 0.660. The van der Waals surface area contributed by atoms with E-state index >= 15 is 0 Å². The van der Waals surface area contributed by atoms with Crippen molar-refractivity contribution in [3.05, 3.63) is 60.2 Å². The molecule has 2 fully saturated rings. The number of hydrogen-bond acceptors (Lipinski definition) is 5. The Morgan fingerprint density at radius 2 is 1.91 bits per heavy atom. The number of aliphatic hydroxyl groups is 1. The Hall–Kier alpha value is -2.80. The third-order valence-corrected chi connectivity index (χ3v) is 8.67. The summed E-state index contributed by atoms with van der Waals surface area (Å²) < 4.78 is 0. The minimum atomic E-state index is -0.593. The molecule has 7 nitrogen and oxygen atoms in total. The second-order valence-electron chi connectivity index (χ2n) is 10.9. The topological polar surface area (TPSA) is 95.4 Å². The van der Waals surface area contributed by atoms with E-state index < -0.39 is 6.10 Å². The maximum atomic E-state index is 13.3. The van der Waals surface area contributed by atoms with Crippen LogP contribution in [-0.2, 0) is 11.3 Å². The first-order chi connectivity index (χ1) is 16.7. The molecule has 2 N–H and O–H groups in total. The number of rotatable bonds is 6. The molecule has 1 heterocycles. The zero-order valence-corrected chi connectivity index (χ0v) is 21.2. The summed E-state index contributed by atoms with van der Waals surface area (Å²) in [5, 5.41) is 14.8. The average Bonchev–Trinajstić information content (AvgIpc) is 2.86. The lowest BCUT2D eigenvalue weighted by molar-refractivity contribution is -0.149. The summed E-state index contributed by atoms with van der Waals surface area (Å²) in [4.78, 5) is 35.9. The Kier molecular flexibility index (Phi) is 7.55. The van der Waals surface area contributed by atoms with Gasteiger partial charge in [0.1, 0.15) is 5.69 Å². The number of carbonyl (C=O) groups excluding carboxylic acids is 2. The predicted octanol–water partition coefficient (Wildman–Crippen LogP) is 3.69. The highest BCUT2D eigenvalue weighted by molar-refractivity contribution is 5.92. The Balaban J connectivity index is 1.45. The Bertz CT molecular complexity index is 1020. The van der Waals surface area contributed by atoms with Gasteiger partial charge in [0.15, 0.2) is 0 Å². The van der Waals surface area contributed by atoms with Crippen molar-refractivity contribution in [3.63, 3.8) is 0 Å². The molecule has 2 aliphatic rings. The van der Waals surface area contributed by atoms with Gasteiger partial charge in [-0.3, -0.25) is 14.6 Å². The molecule has 35 heavy (non-hydrogen) atoms. The van der Waals surface area contributed by atoms with Crippen LogP contribution in [0.4, 0.5) is 0 Å². The minimum Gasteiger partial charge on any atom is -0.392 e. The molecule has 7 heteroatoms. The van der Waals surface area contributed by atoms with Gasteiger partial charge in [-0.2, -0.15) is 0 Å². The second-order valence-corrected chi connectivity index (χ2v) is 10.9. The SMILES string of the molecule is C[C@H]1[C@@H]2[C@@H](O)C([C@H](C)C(=O)N(C)Cc3ccccc3)CC[C@@]2(C)CC[C@@H]1NC(=O)c1cnccn1. The van der Waals surface area contributed by atoms with E-state index in [-0.39, 0.29) is 46.9 Å². The molecule has 188 valence electrons. The lowest BCUT2D eigenvalue weighted by atomic mass is 9.51. The van der Waals surface area contributed by atoms with Crippen molar-refractivity contribution in [2.75, 3.05) is 7.05 Å². The Labute approximate surface area is 208 Å². The Morgan fingerprint density at radius 1 is 1.20 bits per heavy atom. The average molecular weight is 479 g/mol. The first-order valence-electron chi connectivity index (χ1n) is 12.7. The molecular weight excluding hydrogens is 440 g/mol. The van der Waals surface area contributed by atoms with Gasteiger partial charge in [-0.15, -0.1) is 0 Å². The van der Waals surface area contributed by atoms with E-state index in [0.717, 1.165) is 31.2 Å². The standard InChI is InChI=1S/C28H38N4O3/c1-18(27(35)32(4)17-20-8-6-5-7-9-20)21-10-12-28(3)13-11-22(19(2)24(28)25(21)33)31-26(34)23-16-29-14-15-30-23/h5-9,14-16,18-19,21-22,24-25,33H,10-13,17H2,1-4H3,(H,31,34)/t18-,19+,21?,22-,24+,25-,28-/m0/s1. The number of aromatic nitrogens is 2. The molecular formula is C28H38N4O3. The van der Waals surface area contributed by atoms with E-state index in [1.165, 1.54) is 12.4 Å². The minimum absolute atomic E-state index is 0.00181. The smallest absolute Gasteiger partial charge is 0.271 e. The summed E-state index contributed by atoms with van der Waals surface area (Å²) in [7, 11) is 1.84. The van der Waals surface area contributed by atoms with E-state index in [4.69, 9.17) is 0 Å². The van der Waals surface area contributed by atoms with Gasteiger partial charge in [0.2, 0.25) is 5.91 Å². The monoisotopic (exact) mass is 478 g/mol. The molecule has 1 aromatic heterocycles. The van der Waals surface area contributed by atoms with Crippen molar-refractivity contribution in [1.82, 2.24) is 20.2 Å². The van der Waals surface area contributed by atoms with Crippen LogP contribution in [-0.4, -0.2) is 51.0 Å². The van der Waals surface area contributed by atoms with Crippen LogP contribution < -0.4 is 5.32 Å². The van der Waals surface area contributed by atoms with E-state index in [9.17, 15) is 14.7 Å². The summed E-state index contributed by atoms with van der Waals surface area (Å²) in [6.07, 6.45) is 7.56. The van der Waals surface area contributed by atoms with Gasteiger partial charge in [-0.1, -0.05) is 51.1 Å². The summed E-state index contributed by atoms with van der Waals surface area (Å²) in [6.45, 7) is 6.91. The van der Waals surface area contributed by atoms with Crippen LogP contribution in [0, 0.1) is 29.1 Å². The van der Waals surface area contributed by atoms with Gasteiger partial charge in [0.25, 0.3) is 5.91 Å². The number of carbonyl (C=O) groups is 2. The molecule has 7 atom stereocenters. The van der Waals surface area contributed by atoms with E-state index in [0.29, 0.717) is 12.2 Å². The molecule has 0 aliphatic heterocycles. The van der Waals surface area contributed by atoms with Crippen molar-refractivity contribution >= 4 is 11.8 Å². The molecule has 0 spiro atoms. The van der Waals surface area contributed by atoms with Crippen LogP contribution in [0.25, 0.3) is 0 Å². The van der Waals surface area contributed by atoms with E-state index in [1.54, 1.807) is 11.1 Å². The van der Waals surface area contributed by atoms with Gasteiger partial charge in [-0.05, 0) is 54.4 Å². The predicted molar refractivity (Wildman–Crippen MR) is 134 cm³/mol. The van der Waals surface area contributed by atoms with Crippen molar-refractivity contribution in [2.24, 2.45) is 29.1 Å². The zero-order valence-electron chi connectivity index (χ0n) is 21.2. The number of aliphatic hydroxyl groups excluding tert-OH is 1. The molecule has 2 amide bonds. The fourth-order valence-electron chi connectivity index (χ4n) is 6.62. The third kappa shape index (κ3) is 5.25. The van der Waals surface area contributed by atoms with Crippen LogP contribution >= 0.6 is 0 Å². The molecule has 1 aromatic carbocycles. The fraction of sp³-hybridized carbons (Fsp3) is 0.571. The largest absolute Gasteiger partial charge is 0.392 e. The number of nitrogens with one attached hydrogen (secondary N) is 1. The molecule has 2 aliphatic carbocycles. The molecule has 2 saturated carbocycles. The first kappa shape index (κ1) is 25.3. The number of nitrogens with zero attached hydrogens (tertiary/aromatic N) is 3. The van der Waals surface area contributed by atoms with Crippen molar-refractivity contribution in [2.45, 2.75) is 65.1 Å². The van der Waals surface area contributed by atoms with E-state index in [1.807, 2.05) is 44.3 Å². The lowest BCUT2D eigenvalue weighted by Crippen LogP contribution is -2.58. The zero-order chi connectivity index (χ0) is 25.2.